The van der Waals surface area contributed by atoms with Crippen molar-refractivity contribution in [2.24, 2.45) is 0 Å². The Morgan fingerprint density at radius 1 is 1.56 bits per heavy atom. The van der Waals surface area contributed by atoms with Gasteiger partial charge in [0.05, 0.1) is 11.7 Å². The summed E-state index contributed by atoms with van der Waals surface area (Å²) in [5, 5.41) is 12.7. The Kier molecular flexibility index (Phi) is 5.15. The van der Waals surface area contributed by atoms with Crippen molar-refractivity contribution in [1.29, 1.82) is 5.26 Å². The lowest BCUT2D eigenvalue weighted by Crippen LogP contribution is -2.57. The molecule has 18 heavy (non-hydrogen) atoms. The Hall–Kier alpha value is -0.630. The normalized spacial score (nSPS) is 28.9. The van der Waals surface area contributed by atoms with Crippen LogP contribution in [-0.2, 0) is 4.74 Å². The van der Waals surface area contributed by atoms with Gasteiger partial charge in [-0.3, -0.25) is 10.2 Å². The number of methoxy groups -OCH3 is 1. The lowest BCUT2D eigenvalue weighted by molar-refractivity contribution is -0.0539. The summed E-state index contributed by atoms with van der Waals surface area (Å²) in [6.45, 7) is 11.0. The maximum atomic E-state index is 9.38. The van der Waals surface area contributed by atoms with Crippen LogP contribution in [0.2, 0.25) is 0 Å². The van der Waals surface area contributed by atoms with Gasteiger partial charge in [-0.2, -0.15) is 5.26 Å². The van der Waals surface area contributed by atoms with E-state index in [1.54, 1.807) is 7.11 Å². The van der Waals surface area contributed by atoms with Gasteiger partial charge in [0.15, 0.2) is 0 Å². The van der Waals surface area contributed by atoms with Gasteiger partial charge in [0.25, 0.3) is 0 Å². The largest absolute Gasteiger partial charge is 0.377 e. The average Bonchev–Trinajstić information content (AvgIpc) is 2.28. The molecule has 0 spiro atoms. The molecule has 1 aliphatic rings. The van der Waals surface area contributed by atoms with E-state index in [4.69, 9.17) is 4.74 Å². The lowest BCUT2D eigenvalue weighted by atomic mass is 9.92. The Balaban J connectivity index is 2.63. The average molecular weight is 253 g/mol. The van der Waals surface area contributed by atoms with Crippen molar-refractivity contribution in [3.05, 3.63) is 0 Å². The highest BCUT2D eigenvalue weighted by molar-refractivity contribution is 5.07. The van der Waals surface area contributed by atoms with Crippen molar-refractivity contribution in [3.63, 3.8) is 0 Å². The molecule has 1 heterocycles. The van der Waals surface area contributed by atoms with Crippen LogP contribution in [0.15, 0.2) is 0 Å². The molecule has 0 bridgehead atoms. The molecule has 0 aromatic rings. The molecule has 4 heteroatoms. The summed E-state index contributed by atoms with van der Waals surface area (Å²) >= 11 is 0. The number of likely N-dealkylation sites (tertiary alicyclic amines) is 1. The maximum Gasteiger partial charge on any atom is 0.116 e. The van der Waals surface area contributed by atoms with Crippen LogP contribution in [0.4, 0.5) is 0 Å². The first-order valence-corrected chi connectivity index (χ1v) is 6.79. The Morgan fingerprint density at radius 3 is 2.72 bits per heavy atom. The van der Waals surface area contributed by atoms with Gasteiger partial charge < -0.3 is 4.74 Å². The fourth-order valence-electron chi connectivity index (χ4n) is 2.81. The van der Waals surface area contributed by atoms with E-state index in [9.17, 15) is 5.26 Å². The van der Waals surface area contributed by atoms with Gasteiger partial charge in [-0.25, -0.2) is 0 Å². The molecule has 0 aromatic carbocycles. The van der Waals surface area contributed by atoms with E-state index in [2.05, 4.69) is 37.1 Å². The summed E-state index contributed by atoms with van der Waals surface area (Å²) in [4.78, 5) is 2.34. The molecule has 0 amide bonds. The van der Waals surface area contributed by atoms with Gasteiger partial charge in [0, 0.05) is 26.2 Å². The highest BCUT2D eigenvalue weighted by atomic mass is 16.5. The Morgan fingerprint density at radius 2 is 2.22 bits per heavy atom. The van der Waals surface area contributed by atoms with E-state index in [1.807, 2.05) is 6.92 Å². The van der Waals surface area contributed by atoms with Crippen molar-refractivity contribution < 1.29 is 4.74 Å². The topological polar surface area (TPSA) is 48.3 Å². The second kappa shape index (κ2) is 6.01. The van der Waals surface area contributed by atoms with Crippen LogP contribution in [-0.4, -0.2) is 48.8 Å². The zero-order chi connectivity index (χ0) is 13.8. The number of piperidine rings is 1. The van der Waals surface area contributed by atoms with Crippen LogP contribution in [0.1, 0.15) is 40.5 Å². The summed E-state index contributed by atoms with van der Waals surface area (Å²) in [6, 6.07) is 2.72. The minimum atomic E-state index is -0.486. The van der Waals surface area contributed by atoms with E-state index in [1.165, 1.54) is 0 Å². The quantitative estimate of drug-likeness (QED) is 0.811. The third-order valence-electron chi connectivity index (χ3n) is 3.62. The molecule has 4 nitrogen and oxygen atoms in total. The SMILES string of the molecule is COC1(C)CCCN(CC(C)(C#N)NC(C)C)C1. The van der Waals surface area contributed by atoms with Gasteiger partial charge in [-0.15, -0.1) is 0 Å². The number of nitriles is 1. The maximum absolute atomic E-state index is 9.38. The van der Waals surface area contributed by atoms with Crippen LogP contribution in [0.5, 0.6) is 0 Å². The highest BCUT2D eigenvalue weighted by Crippen LogP contribution is 2.24. The third-order valence-corrected chi connectivity index (χ3v) is 3.62. The predicted octanol–water partition coefficient (Wildman–Crippen LogP) is 1.77. The molecule has 1 N–H and O–H groups in total. The lowest BCUT2D eigenvalue weighted by Gasteiger charge is -2.42. The number of ether oxygens (including phenoxy) is 1. The van der Waals surface area contributed by atoms with E-state index in [0.717, 1.165) is 32.5 Å². The Labute approximate surface area is 111 Å². The number of nitrogens with one attached hydrogen (secondary N) is 1. The molecule has 104 valence electrons. The van der Waals surface area contributed by atoms with Gasteiger partial charge in [-0.05, 0) is 47.1 Å². The van der Waals surface area contributed by atoms with Gasteiger partial charge >= 0.3 is 0 Å². The third kappa shape index (κ3) is 4.24. The first-order valence-electron chi connectivity index (χ1n) is 6.79. The highest BCUT2D eigenvalue weighted by Gasteiger charge is 2.35. The van der Waals surface area contributed by atoms with Crippen molar-refractivity contribution >= 4 is 0 Å². The van der Waals surface area contributed by atoms with Crippen molar-refractivity contribution in [1.82, 2.24) is 10.2 Å². The molecule has 2 atom stereocenters. The number of nitrogens with zero attached hydrogens (tertiary/aromatic N) is 2. The van der Waals surface area contributed by atoms with E-state index in [0.29, 0.717) is 6.04 Å². The smallest absolute Gasteiger partial charge is 0.116 e. The van der Waals surface area contributed by atoms with E-state index < -0.39 is 5.54 Å². The van der Waals surface area contributed by atoms with Gasteiger partial charge in [-0.1, -0.05) is 0 Å². The summed E-state index contributed by atoms with van der Waals surface area (Å²) < 4.78 is 5.59. The number of hydrogen-bond donors (Lipinski definition) is 1. The summed E-state index contributed by atoms with van der Waals surface area (Å²) in [6.07, 6.45) is 2.23. The molecular weight excluding hydrogens is 226 g/mol. The van der Waals surface area contributed by atoms with E-state index in [-0.39, 0.29) is 5.60 Å². The molecule has 1 fully saturated rings. The van der Waals surface area contributed by atoms with Crippen LogP contribution in [0, 0.1) is 11.3 Å². The molecule has 1 rings (SSSR count). The van der Waals surface area contributed by atoms with Gasteiger partial charge in [0.1, 0.15) is 5.54 Å². The standard InChI is InChI=1S/C14H27N3O/c1-12(2)16-13(3,9-15)10-17-8-6-7-14(4,11-17)18-5/h12,16H,6-8,10-11H2,1-5H3. The minimum absolute atomic E-state index is 0.0630. The molecule has 2 unspecified atom stereocenters. The van der Waals surface area contributed by atoms with Crippen molar-refractivity contribution in [2.75, 3.05) is 26.7 Å². The van der Waals surface area contributed by atoms with Gasteiger partial charge in [0.2, 0.25) is 0 Å². The van der Waals surface area contributed by atoms with Crippen LogP contribution < -0.4 is 5.32 Å². The van der Waals surface area contributed by atoms with Crippen LogP contribution >= 0.6 is 0 Å². The Bertz CT molecular complexity index is 313. The molecule has 0 aromatic heterocycles. The first kappa shape index (κ1) is 15.4. The van der Waals surface area contributed by atoms with Crippen LogP contribution in [0.25, 0.3) is 0 Å². The molecule has 0 saturated carbocycles. The molecule has 1 aliphatic heterocycles. The fraction of sp³-hybridized carbons (Fsp3) is 0.929. The number of rotatable bonds is 5. The zero-order valence-corrected chi connectivity index (χ0v) is 12.4. The monoisotopic (exact) mass is 253 g/mol. The molecule has 0 radical (unpaired) electrons. The predicted molar refractivity (Wildman–Crippen MR) is 73.4 cm³/mol. The summed E-state index contributed by atoms with van der Waals surface area (Å²) in [7, 11) is 1.78. The summed E-state index contributed by atoms with van der Waals surface area (Å²) in [5.74, 6) is 0. The molecular formula is C14H27N3O. The van der Waals surface area contributed by atoms with Crippen molar-refractivity contribution in [3.8, 4) is 6.07 Å². The molecule has 0 aliphatic carbocycles. The first-order chi connectivity index (χ1) is 8.32. The summed E-state index contributed by atoms with van der Waals surface area (Å²) in [5.41, 5.74) is -0.549. The van der Waals surface area contributed by atoms with E-state index >= 15 is 0 Å². The van der Waals surface area contributed by atoms with Crippen LogP contribution in [0.3, 0.4) is 0 Å². The number of hydrogen-bond acceptors (Lipinski definition) is 4. The fourth-order valence-corrected chi connectivity index (χ4v) is 2.81. The second-order valence-corrected chi connectivity index (χ2v) is 6.21. The molecule has 1 saturated heterocycles. The minimum Gasteiger partial charge on any atom is -0.377 e. The second-order valence-electron chi connectivity index (χ2n) is 6.21. The van der Waals surface area contributed by atoms with Crippen molar-refractivity contribution in [2.45, 2.75) is 57.7 Å². The zero-order valence-electron chi connectivity index (χ0n) is 12.4.